The van der Waals surface area contributed by atoms with Crippen molar-refractivity contribution in [3.63, 3.8) is 0 Å². The molecule has 8 nitrogen and oxygen atoms in total. The second-order valence-corrected chi connectivity index (χ2v) is 6.04. The van der Waals surface area contributed by atoms with Crippen molar-refractivity contribution in [3.8, 4) is 11.5 Å². The Morgan fingerprint density at radius 3 is 2.55 bits per heavy atom. The molecule has 0 saturated heterocycles. The van der Waals surface area contributed by atoms with Gasteiger partial charge in [0.25, 0.3) is 0 Å². The maximum Gasteiger partial charge on any atom is 0.387 e. The van der Waals surface area contributed by atoms with E-state index in [4.69, 9.17) is 14.2 Å². The van der Waals surface area contributed by atoms with E-state index in [1.54, 1.807) is 19.9 Å². The van der Waals surface area contributed by atoms with Crippen molar-refractivity contribution >= 4 is 12.0 Å². The third-order valence-electron chi connectivity index (χ3n) is 4.39. The van der Waals surface area contributed by atoms with Gasteiger partial charge in [-0.1, -0.05) is 6.07 Å². The molecule has 0 aliphatic carbocycles. The average molecular weight is 414 g/mol. The van der Waals surface area contributed by atoms with E-state index in [9.17, 15) is 18.4 Å². The number of halogens is 2. The molecule has 1 aliphatic heterocycles. The first-order valence-corrected chi connectivity index (χ1v) is 8.91. The minimum atomic E-state index is -3.06. The van der Waals surface area contributed by atoms with Crippen molar-refractivity contribution in [2.24, 2.45) is 0 Å². The van der Waals surface area contributed by atoms with Crippen LogP contribution in [0.4, 0.5) is 13.6 Å². The normalized spacial score (nSPS) is 16.7. The molecule has 2 amide bonds. The number of esters is 1. The number of benzene rings is 1. The molecule has 0 aromatic heterocycles. The monoisotopic (exact) mass is 414 g/mol. The zero-order chi connectivity index (χ0) is 21.6. The molecular formula is C19H24F2N2O6. The van der Waals surface area contributed by atoms with Gasteiger partial charge in [0.05, 0.1) is 25.3 Å². The van der Waals surface area contributed by atoms with Gasteiger partial charge in [-0.05, 0) is 31.5 Å². The number of amides is 2. The number of hydrogen-bond donors (Lipinski definition) is 1. The van der Waals surface area contributed by atoms with Gasteiger partial charge in [0.15, 0.2) is 11.5 Å². The number of alkyl halides is 2. The lowest BCUT2D eigenvalue weighted by Gasteiger charge is -2.35. The molecule has 1 atom stereocenters. The molecule has 0 radical (unpaired) electrons. The molecule has 1 heterocycles. The summed E-state index contributed by atoms with van der Waals surface area (Å²) in [6.45, 7) is 0.901. The summed E-state index contributed by atoms with van der Waals surface area (Å²) in [4.78, 5) is 26.6. The lowest BCUT2D eigenvalue weighted by molar-refractivity contribution is -0.140. The Hall–Kier alpha value is -2.88. The number of allylic oxidation sites excluding steroid dienone is 1. The molecule has 1 aliphatic rings. The fourth-order valence-corrected chi connectivity index (χ4v) is 3.03. The van der Waals surface area contributed by atoms with Gasteiger partial charge in [0.2, 0.25) is 0 Å². The molecule has 0 bridgehead atoms. The van der Waals surface area contributed by atoms with E-state index in [-0.39, 0.29) is 30.3 Å². The van der Waals surface area contributed by atoms with Crippen molar-refractivity contribution in [3.05, 3.63) is 35.0 Å². The van der Waals surface area contributed by atoms with Crippen LogP contribution in [0.3, 0.4) is 0 Å². The predicted octanol–water partition coefficient (Wildman–Crippen LogP) is 2.85. The largest absolute Gasteiger partial charge is 0.493 e. The fourth-order valence-electron chi connectivity index (χ4n) is 3.03. The number of carbonyl (C=O) groups is 2. The van der Waals surface area contributed by atoms with Crippen LogP contribution in [-0.4, -0.2) is 57.5 Å². The molecule has 1 aromatic carbocycles. The molecule has 0 fully saturated rings. The minimum absolute atomic E-state index is 0.0290. The second-order valence-electron chi connectivity index (χ2n) is 6.04. The van der Waals surface area contributed by atoms with E-state index in [2.05, 4.69) is 10.1 Å². The molecular weight excluding hydrogens is 390 g/mol. The molecule has 0 spiro atoms. The van der Waals surface area contributed by atoms with Crippen molar-refractivity contribution in [2.75, 3.05) is 34.0 Å². The van der Waals surface area contributed by atoms with E-state index < -0.39 is 24.7 Å². The Kier molecular flexibility index (Phi) is 7.77. The first-order chi connectivity index (χ1) is 13.8. The van der Waals surface area contributed by atoms with Crippen molar-refractivity contribution in [1.29, 1.82) is 0 Å². The van der Waals surface area contributed by atoms with Crippen LogP contribution in [0.15, 0.2) is 29.5 Å². The fraction of sp³-hybridized carbons (Fsp3) is 0.474. The Labute approximate surface area is 167 Å². The lowest BCUT2D eigenvalue weighted by Crippen LogP contribution is -2.48. The highest BCUT2D eigenvalue weighted by atomic mass is 19.3. The quantitative estimate of drug-likeness (QED) is 0.494. The van der Waals surface area contributed by atoms with Crippen LogP contribution in [0.1, 0.15) is 25.5 Å². The molecule has 0 saturated carbocycles. The van der Waals surface area contributed by atoms with Gasteiger partial charge in [0, 0.05) is 19.4 Å². The number of rotatable bonds is 9. The Morgan fingerprint density at radius 1 is 1.24 bits per heavy atom. The molecule has 1 aromatic rings. The Morgan fingerprint density at radius 2 is 1.97 bits per heavy atom. The highest BCUT2D eigenvalue weighted by Crippen LogP contribution is 2.36. The number of methoxy groups -OCH3 is 2. The van der Waals surface area contributed by atoms with Crippen LogP contribution < -0.4 is 14.8 Å². The molecule has 160 valence electrons. The van der Waals surface area contributed by atoms with E-state index >= 15 is 0 Å². The van der Waals surface area contributed by atoms with Crippen molar-refractivity contribution in [1.82, 2.24) is 10.2 Å². The Bertz CT molecular complexity index is 784. The van der Waals surface area contributed by atoms with Gasteiger partial charge in [-0.2, -0.15) is 8.78 Å². The van der Waals surface area contributed by atoms with Gasteiger partial charge in [-0.25, -0.2) is 9.59 Å². The summed E-state index contributed by atoms with van der Waals surface area (Å²) >= 11 is 0. The molecule has 2 rings (SSSR count). The van der Waals surface area contributed by atoms with Gasteiger partial charge in [-0.3, -0.25) is 4.90 Å². The summed E-state index contributed by atoms with van der Waals surface area (Å²) in [5.41, 5.74) is 0.968. The highest BCUT2D eigenvalue weighted by Gasteiger charge is 2.36. The van der Waals surface area contributed by atoms with E-state index in [1.165, 1.54) is 31.3 Å². The van der Waals surface area contributed by atoms with Crippen molar-refractivity contribution < 1.29 is 37.3 Å². The highest BCUT2D eigenvalue weighted by molar-refractivity contribution is 5.95. The standard InChI is InChI=1S/C19H24F2N2O6/c1-5-23-11(2)15(17(24)28-9-8-26-3)16(22-19(23)25)12-6-7-13(27-4)14(10-12)29-18(20)21/h6-7,10,16,18H,5,8-9H2,1-4H3,(H,22,25)/t16-/m0/s1. The second kappa shape index (κ2) is 10.1. The molecule has 1 N–H and O–H groups in total. The van der Waals surface area contributed by atoms with Gasteiger partial charge < -0.3 is 24.3 Å². The molecule has 10 heteroatoms. The predicted molar refractivity (Wildman–Crippen MR) is 98.8 cm³/mol. The summed E-state index contributed by atoms with van der Waals surface area (Å²) in [6, 6.07) is 2.95. The first-order valence-electron chi connectivity index (χ1n) is 8.91. The average Bonchev–Trinajstić information content (AvgIpc) is 2.67. The van der Waals surface area contributed by atoms with Gasteiger partial charge in [-0.15, -0.1) is 0 Å². The summed E-state index contributed by atoms with van der Waals surface area (Å²) in [7, 11) is 2.79. The third kappa shape index (κ3) is 5.14. The number of nitrogens with one attached hydrogen (secondary N) is 1. The molecule has 0 unspecified atom stereocenters. The first kappa shape index (κ1) is 22.4. The van der Waals surface area contributed by atoms with Crippen LogP contribution in [0, 0.1) is 0 Å². The van der Waals surface area contributed by atoms with E-state index in [1.807, 2.05) is 0 Å². The smallest absolute Gasteiger partial charge is 0.387 e. The van der Waals surface area contributed by atoms with Crippen LogP contribution in [-0.2, 0) is 14.3 Å². The van der Waals surface area contributed by atoms with Gasteiger partial charge in [0.1, 0.15) is 6.61 Å². The number of nitrogens with zero attached hydrogens (tertiary/aromatic N) is 1. The summed E-state index contributed by atoms with van der Waals surface area (Å²) < 4.78 is 45.2. The van der Waals surface area contributed by atoms with Crippen LogP contribution in [0.2, 0.25) is 0 Å². The number of ether oxygens (including phenoxy) is 4. The maximum atomic E-state index is 12.8. The SMILES string of the molecule is CCN1C(=O)N[C@@H](c2ccc(OC)c(OC(F)F)c2)C(C(=O)OCCOC)=C1C. The van der Waals surface area contributed by atoms with Crippen LogP contribution in [0.5, 0.6) is 11.5 Å². The van der Waals surface area contributed by atoms with Crippen molar-refractivity contribution in [2.45, 2.75) is 26.5 Å². The summed E-state index contributed by atoms with van der Waals surface area (Å²) in [5.74, 6) is -0.761. The third-order valence-corrected chi connectivity index (χ3v) is 4.39. The van der Waals surface area contributed by atoms with Gasteiger partial charge >= 0.3 is 18.6 Å². The van der Waals surface area contributed by atoms with E-state index in [0.29, 0.717) is 17.8 Å². The number of hydrogen-bond acceptors (Lipinski definition) is 6. The summed E-state index contributed by atoms with van der Waals surface area (Å²) in [6.07, 6.45) is 0. The van der Waals surface area contributed by atoms with Crippen LogP contribution >= 0.6 is 0 Å². The lowest BCUT2D eigenvalue weighted by atomic mass is 9.94. The van der Waals surface area contributed by atoms with E-state index in [0.717, 1.165) is 0 Å². The topological polar surface area (TPSA) is 86.3 Å². The van der Waals surface area contributed by atoms with Crippen LogP contribution in [0.25, 0.3) is 0 Å². The number of urea groups is 1. The zero-order valence-corrected chi connectivity index (χ0v) is 16.7. The summed E-state index contributed by atoms with van der Waals surface area (Å²) in [5, 5.41) is 2.72. The maximum absolute atomic E-state index is 12.8. The Balaban J connectivity index is 2.48. The zero-order valence-electron chi connectivity index (χ0n) is 16.7. The minimum Gasteiger partial charge on any atom is -0.493 e. The molecule has 29 heavy (non-hydrogen) atoms. The number of carbonyl (C=O) groups excluding carboxylic acids is 2.